The maximum absolute atomic E-state index is 6.78. The molecule has 61 heavy (non-hydrogen) atoms. The molecule has 1 aliphatic rings. The van der Waals surface area contributed by atoms with Gasteiger partial charge in [0.25, 0.3) is 0 Å². The lowest BCUT2D eigenvalue weighted by molar-refractivity contribution is 0.483. The second kappa shape index (κ2) is 14.9. The van der Waals surface area contributed by atoms with E-state index >= 15 is 0 Å². The average molecular weight is 795 g/mol. The minimum Gasteiger partial charge on any atom is -0.457 e. The molecule has 0 radical (unpaired) electrons. The van der Waals surface area contributed by atoms with Gasteiger partial charge in [-0.1, -0.05) is 139 Å². The normalized spacial score (nSPS) is 13.0. The molecule has 0 unspecified atom stereocenters. The van der Waals surface area contributed by atoms with Gasteiger partial charge in [-0.2, -0.15) is 0 Å². The summed E-state index contributed by atoms with van der Waals surface area (Å²) < 4.78 is 9.04. The fourth-order valence-corrected chi connectivity index (χ4v) is 8.74. The van der Waals surface area contributed by atoms with Crippen molar-refractivity contribution in [2.24, 2.45) is 0 Å². The van der Waals surface area contributed by atoms with E-state index in [-0.39, 0.29) is 10.8 Å². The Morgan fingerprint density at radius 3 is 1.95 bits per heavy atom. The molecule has 0 saturated carbocycles. The number of nitrogens with zero attached hydrogens (tertiary/aromatic N) is 4. The zero-order valence-electron chi connectivity index (χ0n) is 35.7. The van der Waals surface area contributed by atoms with Gasteiger partial charge in [-0.15, -0.1) is 0 Å². The highest BCUT2D eigenvalue weighted by molar-refractivity contribution is 6.09. The van der Waals surface area contributed by atoms with E-state index in [1.807, 2.05) is 12.3 Å². The summed E-state index contributed by atoms with van der Waals surface area (Å²) in [5.41, 5.74) is 14.1. The van der Waals surface area contributed by atoms with Gasteiger partial charge in [0.15, 0.2) is 0 Å². The molecule has 1 aliphatic heterocycles. The van der Waals surface area contributed by atoms with Crippen LogP contribution >= 0.6 is 0 Å². The molecule has 300 valence electrons. The van der Waals surface area contributed by atoms with Crippen LogP contribution < -0.4 is 14.5 Å². The smallest absolute Gasteiger partial charge is 0.137 e. The second-order valence-electron chi connectivity index (χ2n) is 18.2. The van der Waals surface area contributed by atoms with Crippen molar-refractivity contribution in [3.8, 4) is 39.6 Å². The Morgan fingerprint density at radius 2 is 1.13 bits per heavy atom. The highest BCUT2D eigenvalue weighted by Crippen LogP contribution is 2.50. The number of hydrogen-bond acceptors (Lipinski definition) is 4. The van der Waals surface area contributed by atoms with Crippen LogP contribution in [0.4, 0.5) is 22.7 Å². The first-order valence-electron chi connectivity index (χ1n) is 21.2. The summed E-state index contributed by atoms with van der Waals surface area (Å²) in [5, 5.41) is 2.35. The molecule has 0 atom stereocenters. The topological polar surface area (TPSA) is 33.5 Å². The third-order valence-electron chi connectivity index (χ3n) is 12.0. The molecule has 7 aromatic carbocycles. The number of anilines is 4. The summed E-state index contributed by atoms with van der Waals surface area (Å²) in [5.74, 6) is 2.44. The molecule has 0 bridgehead atoms. The standard InChI is InChI=1S/C56H50N4O/c1-55(2,3)41-20-13-21-43(33-41)59-37-58(51-27-15-25-47(54(51)59)40-19-12-18-39(32-40)38-16-8-7-9-17-38)44-22-14-23-45(35-44)61-46-28-29-49-48-24-10-11-26-50(48)60(52(49)36-46)53-34-42(30-31-57-53)56(4,5)6/h7-36H,37H2,1-6H3. The number of fused-ring (bicyclic) bond motifs is 4. The molecule has 5 nitrogen and oxygen atoms in total. The van der Waals surface area contributed by atoms with Crippen molar-refractivity contribution in [3.63, 3.8) is 0 Å². The first-order chi connectivity index (χ1) is 29.5. The Kier molecular flexibility index (Phi) is 9.29. The Morgan fingerprint density at radius 1 is 0.475 bits per heavy atom. The van der Waals surface area contributed by atoms with E-state index < -0.39 is 0 Å². The Balaban J connectivity index is 1.05. The largest absolute Gasteiger partial charge is 0.457 e. The lowest BCUT2D eigenvalue weighted by Crippen LogP contribution is -2.24. The summed E-state index contributed by atoms with van der Waals surface area (Å²) in [6, 6.07) is 63.1. The van der Waals surface area contributed by atoms with E-state index in [2.05, 4.69) is 226 Å². The van der Waals surface area contributed by atoms with Crippen LogP contribution in [0.25, 0.3) is 49.9 Å². The molecule has 2 aromatic heterocycles. The second-order valence-corrected chi connectivity index (χ2v) is 18.2. The summed E-state index contributed by atoms with van der Waals surface area (Å²) >= 11 is 0. The molecule has 0 saturated heterocycles. The van der Waals surface area contributed by atoms with Crippen LogP contribution in [0.2, 0.25) is 0 Å². The van der Waals surface area contributed by atoms with Gasteiger partial charge in [0, 0.05) is 46.0 Å². The molecular formula is C56H50N4O. The third-order valence-corrected chi connectivity index (χ3v) is 12.0. The fourth-order valence-electron chi connectivity index (χ4n) is 8.74. The predicted octanol–water partition coefficient (Wildman–Crippen LogP) is 15.1. The van der Waals surface area contributed by atoms with Gasteiger partial charge in [-0.05, 0) is 105 Å². The van der Waals surface area contributed by atoms with Crippen LogP contribution in [0.5, 0.6) is 11.5 Å². The number of rotatable bonds is 7. The molecule has 3 heterocycles. The minimum atomic E-state index is -0.00585. The van der Waals surface area contributed by atoms with Gasteiger partial charge in [-0.25, -0.2) is 4.98 Å². The molecule has 0 N–H and O–H groups in total. The third kappa shape index (κ3) is 7.10. The first kappa shape index (κ1) is 38.1. The molecular weight excluding hydrogens is 745 g/mol. The molecule has 5 heteroatoms. The number of aromatic nitrogens is 2. The number of ether oxygens (including phenoxy) is 1. The van der Waals surface area contributed by atoms with Gasteiger partial charge >= 0.3 is 0 Å². The van der Waals surface area contributed by atoms with Crippen LogP contribution in [-0.2, 0) is 10.8 Å². The van der Waals surface area contributed by atoms with E-state index in [0.717, 1.165) is 45.1 Å². The van der Waals surface area contributed by atoms with E-state index in [4.69, 9.17) is 9.72 Å². The van der Waals surface area contributed by atoms with Crippen LogP contribution in [0.1, 0.15) is 52.7 Å². The zero-order chi connectivity index (χ0) is 41.9. The van der Waals surface area contributed by atoms with Crippen molar-refractivity contribution < 1.29 is 4.74 Å². The molecule has 0 spiro atoms. The first-order valence-corrected chi connectivity index (χ1v) is 21.2. The van der Waals surface area contributed by atoms with Crippen molar-refractivity contribution in [2.45, 2.75) is 52.4 Å². The number of benzene rings is 7. The van der Waals surface area contributed by atoms with E-state index in [0.29, 0.717) is 6.67 Å². The maximum Gasteiger partial charge on any atom is 0.137 e. The van der Waals surface area contributed by atoms with Crippen molar-refractivity contribution >= 4 is 44.6 Å². The molecule has 0 aliphatic carbocycles. The molecule has 0 amide bonds. The molecule has 9 aromatic rings. The Hall–Kier alpha value is -7.11. The Bertz CT molecular complexity index is 3080. The van der Waals surface area contributed by atoms with Crippen LogP contribution in [0, 0.1) is 0 Å². The predicted molar refractivity (Wildman–Crippen MR) is 255 cm³/mol. The highest BCUT2D eigenvalue weighted by Gasteiger charge is 2.32. The van der Waals surface area contributed by atoms with Gasteiger partial charge in [0.05, 0.1) is 22.4 Å². The zero-order valence-corrected chi connectivity index (χ0v) is 35.7. The quantitative estimate of drug-likeness (QED) is 0.161. The van der Waals surface area contributed by atoms with E-state index in [9.17, 15) is 0 Å². The molecule has 0 fully saturated rings. The summed E-state index contributed by atoms with van der Waals surface area (Å²) in [7, 11) is 0. The Labute approximate surface area is 359 Å². The number of para-hydroxylation sites is 2. The highest BCUT2D eigenvalue weighted by atomic mass is 16.5. The van der Waals surface area contributed by atoms with Crippen molar-refractivity contribution in [3.05, 3.63) is 193 Å². The fraction of sp³-hybridized carbons (Fsp3) is 0.161. The summed E-state index contributed by atoms with van der Waals surface area (Å²) in [6.45, 7) is 14.2. The van der Waals surface area contributed by atoms with E-state index in [1.54, 1.807) is 0 Å². The average Bonchev–Trinajstić information content (AvgIpc) is 3.83. The van der Waals surface area contributed by atoms with Gasteiger partial charge in [0.2, 0.25) is 0 Å². The van der Waals surface area contributed by atoms with Gasteiger partial charge < -0.3 is 14.5 Å². The van der Waals surface area contributed by atoms with Gasteiger partial charge in [0.1, 0.15) is 24.0 Å². The van der Waals surface area contributed by atoms with Crippen LogP contribution in [0.3, 0.4) is 0 Å². The van der Waals surface area contributed by atoms with Crippen molar-refractivity contribution in [2.75, 3.05) is 16.5 Å². The van der Waals surface area contributed by atoms with E-state index in [1.165, 1.54) is 50.1 Å². The van der Waals surface area contributed by atoms with Crippen LogP contribution in [0.15, 0.2) is 182 Å². The number of pyridine rings is 1. The van der Waals surface area contributed by atoms with Crippen LogP contribution in [-0.4, -0.2) is 16.2 Å². The number of hydrogen-bond donors (Lipinski definition) is 0. The summed E-state index contributed by atoms with van der Waals surface area (Å²) in [6.07, 6.45) is 1.92. The SMILES string of the molecule is CC(C)(C)c1cccc(N2CN(c3cccc(Oc4ccc5c6ccccc6n(-c6cc(C(C)(C)C)ccn6)c5c4)c3)c3cccc(-c4cccc(-c5ccccc5)c4)c32)c1. The summed E-state index contributed by atoms with van der Waals surface area (Å²) in [4.78, 5) is 9.76. The maximum atomic E-state index is 6.78. The van der Waals surface area contributed by atoms with Crippen molar-refractivity contribution in [1.29, 1.82) is 0 Å². The molecule has 10 rings (SSSR count). The lowest BCUT2D eigenvalue weighted by Gasteiger charge is -2.26. The van der Waals surface area contributed by atoms with Gasteiger partial charge in [-0.3, -0.25) is 4.57 Å². The minimum absolute atomic E-state index is 0.00585. The lowest BCUT2D eigenvalue weighted by atomic mass is 9.87. The monoisotopic (exact) mass is 794 g/mol. The van der Waals surface area contributed by atoms with Crippen molar-refractivity contribution in [1.82, 2.24) is 9.55 Å².